The molecule has 0 saturated heterocycles. The normalized spacial score (nSPS) is 11.1. The minimum absolute atomic E-state index is 0.603. The van der Waals surface area contributed by atoms with E-state index in [1.807, 2.05) is 34.9 Å². The molecule has 19 heavy (non-hydrogen) atoms. The third-order valence-corrected chi connectivity index (χ3v) is 3.79. The number of imidazole rings is 1. The van der Waals surface area contributed by atoms with Crippen molar-refractivity contribution in [2.45, 2.75) is 13.8 Å². The number of halogens is 1. The largest absolute Gasteiger partial charge is 0.383 e. The molecule has 0 fully saturated rings. The van der Waals surface area contributed by atoms with Gasteiger partial charge in [0.25, 0.3) is 0 Å². The molecule has 2 N–H and O–H groups in total. The van der Waals surface area contributed by atoms with Gasteiger partial charge in [0.2, 0.25) is 0 Å². The maximum Gasteiger partial charge on any atom is 0.157 e. The van der Waals surface area contributed by atoms with Crippen molar-refractivity contribution >= 4 is 23.1 Å². The molecule has 3 rings (SSSR count). The molecule has 0 saturated carbocycles. The first-order valence-electron chi connectivity index (χ1n) is 6.08. The van der Waals surface area contributed by atoms with Gasteiger partial charge < -0.3 is 5.73 Å². The molecule has 0 aliphatic heterocycles. The fourth-order valence-corrected chi connectivity index (χ4v) is 2.46. The van der Waals surface area contributed by atoms with E-state index in [0.29, 0.717) is 16.5 Å². The predicted octanol–water partition coefficient (Wildman–Crippen LogP) is 3.85. The standard InChI is InChI=1S/C15H14ClN3/c1-9-5-3-6-11(10(9)2)13-14(17)19-8-4-7-12(16)15(19)18-13/h3-8H,17H2,1-2H3. The molecule has 1 aromatic carbocycles. The lowest BCUT2D eigenvalue weighted by Crippen LogP contribution is -1.95. The summed E-state index contributed by atoms with van der Waals surface area (Å²) in [6.07, 6.45) is 1.87. The summed E-state index contributed by atoms with van der Waals surface area (Å²) in [6.45, 7) is 4.16. The number of pyridine rings is 1. The van der Waals surface area contributed by atoms with E-state index in [9.17, 15) is 0 Å². The summed E-state index contributed by atoms with van der Waals surface area (Å²) in [6, 6.07) is 9.81. The number of nitrogen functional groups attached to an aromatic ring is 1. The molecule has 2 heterocycles. The van der Waals surface area contributed by atoms with Crippen LogP contribution in [0.2, 0.25) is 5.02 Å². The fourth-order valence-electron chi connectivity index (χ4n) is 2.26. The van der Waals surface area contributed by atoms with Crippen molar-refractivity contribution in [3.8, 4) is 11.3 Å². The molecule has 2 aromatic heterocycles. The number of hydrogen-bond acceptors (Lipinski definition) is 2. The maximum absolute atomic E-state index is 6.20. The molecule has 0 amide bonds. The van der Waals surface area contributed by atoms with Crippen LogP contribution in [0.1, 0.15) is 11.1 Å². The molecular weight excluding hydrogens is 258 g/mol. The second-order valence-corrected chi connectivity index (χ2v) is 5.05. The van der Waals surface area contributed by atoms with Crippen LogP contribution < -0.4 is 5.73 Å². The van der Waals surface area contributed by atoms with Crippen LogP contribution in [0.3, 0.4) is 0 Å². The van der Waals surface area contributed by atoms with Crippen LogP contribution in [0.15, 0.2) is 36.5 Å². The van der Waals surface area contributed by atoms with Gasteiger partial charge in [-0.25, -0.2) is 4.98 Å². The number of rotatable bonds is 1. The first kappa shape index (κ1) is 12.1. The number of fused-ring (bicyclic) bond motifs is 1. The smallest absolute Gasteiger partial charge is 0.157 e. The van der Waals surface area contributed by atoms with E-state index in [-0.39, 0.29) is 0 Å². The number of nitrogens with zero attached hydrogens (tertiary/aromatic N) is 2. The Morgan fingerprint density at radius 3 is 2.68 bits per heavy atom. The zero-order chi connectivity index (χ0) is 13.6. The molecule has 3 aromatic rings. The van der Waals surface area contributed by atoms with Gasteiger partial charge in [-0.1, -0.05) is 29.8 Å². The van der Waals surface area contributed by atoms with Crippen LogP contribution in [0.5, 0.6) is 0 Å². The molecular formula is C15H14ClN3. The Bertz CT molecular complexity index is 774. The van der Waals surface area contributed by atoms with E-state index in [1.54, 1.807) is 0 Å². The van der Waals surface area contributed by atoms with Gasteiger partial charge in [0.15, 0.2) is 5.65 Å². The minimum Gasteiger partial charge on any atom is -0.383 e. The van der Waals surface area contributed by atoms with Crippen LogP contribution in [0.25, 0.3) is 16.9 Å². The summed E-state index contributed by atoms with van der Waals surface area (Å²) in [7, 11) is 0. The summed E-state index contributed by atoms with van der Waals surface area (Å²) < 4.78 is 1.82. The summed E-state index contributed by atoms with van der Waals surface area (Å²) in [5, 5.41) is 0.603. The van der Waals surface area contributed by atoms with Crippen molar-refractivity contribution in [2.24, 2.45) is 0 Å². The Morgan fingerprint density at radius 1 is 1.16 bits per heavy atom. The summed E-state index contributed by atoms with van der Waals surface area (Å²) in [4.78, 5) is 4.59. The molecule has 0 bridgehead atoms. The lowest BCUT2D eigenvalue weighted by Gasteiger charge is -2.06. The minimum atomic E-state index is 0.603. The molecule has 0 atom stereocenters. The van der Waals surface area contributed by atoms with Crippen LogP contribution in [0.4, 0.5) is 5.82 Å². The van der Waals surface area contributed by atoms with Crippen molar-refractivity contribution in [2.75, 3.05) is 5.73 Å². The van der Waals surface area contributed by atoms with Crippen molar-refractivity contribution < 1.29 is 0 Å². The Balaban J connectivity index is 2.35. The number of anilines is 1. The average Bonchev–Trinajstić information content (AvgIpc) is 2.72. The SMILES string of the molecule is Cc1cccc(-c2nc3c(Cl)cccn3c2N)c1C. The van der Waals surface area contributed by atoms with E-state index in [2.05, 4.69) is 24.9 Å². The third-order valence-electron chi connectivity index (χ3n) is 3.50. The van der Waals surface area contributed by atoms with Gasteiger partial charge >= 0.3 is 0 Å². The second kappa shape index (κ2) is 4.28. The van der Waals surface area contributed by atoms with Crippen LogP contribution in [0, 0.1) is 13.8 Å². The first-order valence-corrected chi connectivity index (χ1v) is 6.46. The number of hydrogen-bond donors (Lipinski definition) is 1. The number of nitrogens with two attached hydrogens (primary N) is 1. The third kappa shape index (κ3) is 1.78. The van der Waals surface area contributed by atoms with Crippen LogP contribution >= 0.6 is 11.6 Å². The van der Waals surface area contributed by atoms with Crippen molar-refractivity contribution in [1.29, 1.82) is 0 Å². The highest BCUT2D eigenvalue weighted by Crippen LogP contribution is 2.32. The number of aromatic nitrogens is 2. The van der Waals surface area contributed by atoms with E-state index in [1.165, 1.54) is 11.1 Å². The quantitative estimate of drug-likeness (QED) is 0.730. The van der Waals surface area contributed by atoms with E-state index in [0.717, 1.165) is 11.3 Å². The van der Waals surface area contributed by atoms with Gasteiger partial charge in [-0.3, -0.25) is 4.40 Å². The summed E-state index contributed by atoms with van der Waals surface area (Å²) >= 11 is 6.16. The highest BCUT2D eigenvalue weighted by atomic mass is 35.5. The summed E-state index contributed by atoms with van der Waals surface area (Å²) in [5.74, 6) is 0.617. The maximum atomic E-state index is 6.20. The fraction of sp³-hybridized carbons (Fsp3) is 0.133. The van der Waals surface area contributed by atoms with Gasteiger partial charge in [0, 0.05) is 11.8 Å². The highest BCUT2D eigenvalue weighted by Gasteiger charge is 2.15. The first-order chi connectivity index (χ1) is 9.09. The Hall–Kier alpha value is -2.00. The Morgan fingerprint density at radius 2 is 1.95 bits per heavy atom. The monoisotopic (exact) mass is 271 g/mol. The topological polar surface area (TPSA) is 43.3 Å². The Labute approximate surface area is 116 Å². The Kier molecular flexibility index (Phi) is 2.72. The molecule has 0 radical (unpaired) electrons. The van der Waals surface area contributed by atoms with Gasteiger partial charge in [0.05, 0.1) is 5.02 Å². The lowest BCUT2D eigenvalue weighted by molar-refractivity contribution is 1.20. The van der Waals surface area contributed by atoms with Gasteiger partial charge in [-0.05, 0) is 37.1 Å². The van der Waals surface area contributed by atoms with Gasteiger partial charge in [0.1, 0.15) is 11.5 Å². The zero-order valence-electron chi connectivity index (χ0n) is 10.8. The van der Waals surface area contributed by atoms with Crippen molar-refractivity contribution in [1.82, 2.24) is 9.38 Å². The number of benzene rings is 1. The van der Waals surface area contributed by atoms with Crippen molar-refractivity contribution in [3.63, 3.8) is 0 Å². The van der Waals surface area contributed by atoms with Gasteiger partial charge in [-0.2, -0.15) is 0 Å². The molecule has 3 nitrogen and oxygen atoms in total. The number of aryl methyl sites for hydroxylation is 1. The molecule has 0 aliphatic carbocycles. The summed E-state index contributed by atoms with van der Waals surface area (Å²) in [5.41, 5.74) is 11.1. The molecule has 0 aliphatic rings. The van der Waals surface area contributed by atoms with E-state index in [4.69, 9.17) is 17.3 Å². The average molecular weight is 272 g/mol. The van der Waals surface area contributed by atoms with E-state index < -0.39 is 0 Å². The van der Waals surface area contributed by atoms with E-state index >= 15 is 0 Å². The molecule has 0 spiro atoms. The van der Waals surface area contributed by atoms with Gasteiger partial charge in [-0.15, -0.1) is 0 Å². The second-order valence-electron chi connectivity index (χ2n) is 4.64. The molecule has 4 heteroatoms. The van der Waals surface area contributed by atoms with Crippen LogP contribution in [-0.2, 0) is 0 Å². The zero-order valence-corrected chi connectivity index (χ0v) is 11.6. The van der Waals surface area contributed by atoms with Crippen LogP contribution in [-0.4, -0.2) is 9.38 Å². The molecule has 96 valence electrons. The molecule has 0 unspecified atom stereocenters. The lowest BCUT2D eigenvalue weighted by atomic mass is 10.0. The highest BCUT2D eigenvalue weighted by molar-refractivity contribution is 6.33. The van der Waals surface area contributed by atoms with Crippen molar-refractivity contribution in [3.05, 3.63) is 52.7 Å². The predicted molar refractivity (Wildman–Crippen MR) is 79.5 cm³/mol.